The molecule has 0 saturated carbocycles. The van der Waals surface area contributed by atoms with Crippen molar-refractivity contribution in [3.05, 3.63) is 29.7 Å². The lowest BCUT2D eigenvalue weighted by atomic mass is 9.98. The van der Waals surface area contributed by atoms with Crippen molar-refractivity contribution in [2.24, 2.45) is 7.05 Å². The molecule has 0 unspecified atom stereocenters. The van der Waals surface area contributed by atoms with Crippen LogP contribution in [0.4, 0.5) is 5.95 Å². The Balaban J connectivity index is 0.00000208. The number of piperidine rings is 1. The number of nitrogens with one attached hydrogen (secondary N) is 2. The molecule has 0 spiro atoms. The van der Waals surface area contributed by atoms with Gasteiger partial charge in [0.1, 0.15) is 0 Å². The highest BCUT2D eigenvalue weighted by molar-refractivity contribution is 7.98. The zero-order valence-corrected chi connectivity index (χ0v) is 15.3. The topological polar surface area (TPSA) is 84.7 Å². The fourth-order valence-electron chi connectivity index (χ4n) is 2.60. The van der Waals surface area contributed by atoms with Gasteiger partial charge in [-0.25, -0.2) is 9.67 Å². The molecule has 130 valence electrons. The molecule has 0 aliphatic carbocycles. The van der Waals surface area contributed by atoms with Gasteiger partial charge in [-0.3, -0.25) is 10.1 Å². The molecule has 0 radical (unpaired) electrons. The standard InChI is InChI=1S/C15H20N6OS.ClH/c1-21-15(18-13(20-21)10-3-6-16-7-4-10)19-14(22)11-5-8-17-12(9-11)23-2;/h5,8-10,16H,3-4,6-7H2,1-2H3,(H,18,19,20,22);1H. The number of anilines is 1. The first-order chi connectivity index (χ1) is 11.2. The number of amides is 1. The predicted molar refractivity (Wildman–Crippen MR) is 97.1 cm³/mol. The van der Waals surface area contributed by atoms with E-state index in [0.29, 0.717) is 17.4 Å². The number of hydrogen-bond acceptors (Lipinski definition) is 6. The number of halogens is 1. The summed E-state index contributed by atoms with van der Waals surface area (Å²) in [5.41, 5.74) is 0.566. The normalized spacial score (nSPS) is 14.9. The fourth-order valence-corrected chi connectivity index (χ4v) is 3.01. The van der Waals surface area contributed by atoms with Crippen molar-refractivity contribution >= 4 is 36.0 Å². The first-order valence-electron chi connectivity index (χ1n) is 7.60. The van der Waals surface area contributed by atoms with Crippen molar-refractivity contribution in [2.45, 2.75) is 23.8 Å². The van der Waals surface area contributed by atoms with Crippen molar-refractivity contribution < 1.29 is 4.79 Å². The molecule has 2 aromatic rings. The Morgan fingerprint density at radius 1 is 1.42 bits per heavy atom. The van der Waals surface area contributed by atoms with Gasteiger partial charge < -0.3 is 5.32 Å². The summed E-state index contributed by atoms with van der Waals surface area (Å²) in [7, 11) is 1.80. The maximum Gasteiger partial charge on any atom is 0.258 e. The summed E-state index contributed by atoms with van der Waals surface area (Å²) in [5.74, 6) is 1.45. The molecular weight excluding hydrogens is 348 g/mol. The second-order valence-corrected chi connectivity index (χ2v) is 6.31. The third kappa shape index (κ3) is 4.25. The van der Waals surface area contributed by atoms with Crippen LogP contribution in [0.5, 0.6) is 0 Å². The van der Waals surface area contributed by atoms with E-state index in [1.165, 1.54) is 11.8 Å². The average Bonchev–Trinajstić information content (AvgIpc) is 2.96. The van der Waals surface area contributed by atoms with Crippen LogP contribution in [0.15, 0.2) is 23.4 Å². The average molecular weight is 369 g/mol. The number of pyridine rings is 1. The number of carbonyl (C=O) groups excluding carboxylic acids is 1. The number of thioether (sulfide) groups is 1. The lowest BCUT2D eigenvalue weighted by Gasteiger charge is -2.19. The van der Waals surface area contributed by atoms with E-state index in [0.717, 1.165) is 36.8 Å². The largest absolute Gasteiger partial charge is 0.317 e. The second kappa shape index (κ2) is 8.46. The zero-order valence-electron chi connectivity index (χ0n) is 13.7. The third-order valence-electron chi connectivity index (χ3n) is 3.92. The lowest BCUT2D eigenvalue weighted by Crippen LogP contribution is -2.27. The Morgan fingerprint density at radius 2 is 2.17 bits per heavy atom. The van der Waals surface area contributed by atoms with Gasteiger partial charge in [0.25, 0.3) is 5.91 Å². The van der Waals surface area contributed by atoms with Crippen LogP contribution < -0.4 is 10.6 Å². The molecule has 1 amide bonds. The molecule has 9 heteroatoms. The summed E-state index contributed by atoms with van der Waals surface area (Å²) < 4.78 is 1.63. The maximum absolute atomic E-state index is 12.4. The summed E-state index contributed by atoms with van der Waals surface area (Å²) in [4.78, 5) is 21.1. The SMILES string of the molecule is CSc1cc(C(=O)Nc2nc(C3CCNCC3)nn2C)ccn1.Cl. The van der Waals surface area contributed by atoms with Crippen molar-refractivity contribution in [1.82, 2.24) is 25.1 Å². The highest BCUT2D eigenvalue weighted by Crippen LogP contribution is 2.23. The number of aryl methyl sites for hydroxylation is 1. The van der Waals surface area contributed by atoms with Gasteiger partial charge in [0.2, 0.25) is 5.95 Å². The Morgan fingerprint density at radius 3 is 2.88 bits per heavy atom. The Kier molecular flexibility index (Phi) is 6.59. The lowest BCUT2D eigenvalue weighted by molar-refractivity contribution is 0.102. The minimum absolute atomic E-state index is 0. The van der Waals surface area contributed by atoms with E-state index < -0.39 is 0 Å². The molecule has 3 rings (SSSR count). The number of rotatable bonds is 4. The summed E-state index contributed by atoms with van der Waals surface area (Å²) in [6, 6.07) is 3.46. The van der Waals surface area contributed by atoms with Gasteiger partial charge in [0.15, 0.2) is 5.82 Å². The fraction of sp³-hybridized carbons (Fsp3) is 0.467. The molecular formula is C15H21ClN6OS. The molecule has 1 saturated heterocycles. The van der Waals surface area contributed by atoms with Gasteiger partial charge in [-0.1, -0.05) is 0 Å². The highest BCUT2D eigenvalue weighted by atomic mass is 35.5. The van der Waals surface area contributed by atoms with Gasteiger partial charge in [-0.15, -0.1) is 24.2 Å². The molecule has 1 aliphatic heterocycles. The first-order valence-corrected chi connectivity index (χ1v) is 8.83. The molecule has 24 heavy (non-hydrogen) atoms. The van der Waals surface area contributed by atoms with Crippen molar-refractivity contribution in [3.8, 4) is 0 Å². The summed E-state index contributed by atoms with van der Waals surface area (Å²) in [5, 5.41) is 11.4. The Bertz CT molecular complexity index is 701. The molecule has 2 aromatic heterocycles. The highest BCUT2D eigenvalue weighted by Gasteiger charge is 2.21. The van der Waals surface area contributed by atoms with E-state index in [1.807, 2.05) is 6.26 Å². The van der Waals surface area contributed by atoms with E-state index in [9.17, 15) is 4.79 Å². The molecule has 0 bridgehead atoms. The molecule has 1 fully saturated rings. The smallest absolute Gasteiger partial charge is 0.258 e. The molecule has 0 atom stereocenters. The monoisotopic (exact) mass is 368 g/mol. The van der Waals surface area contributed by atoms with Gasteiger partial charge in [-0.05, 0) is 44.3 Å². The molecule has 7 nitrogen and oxygen atoms in total. The molecule has 3 heterocycles. The third-order valence-corrected chi connectivity index (χ3v) is 4.56. The summed E-state index contributed by atoms with van der Waals surface area (Å²) in [6.07, 6.45) is 5.62. The van der Waals surface area contributed by atoms with Crippen LogP contribution in [0.1, 0.15) is 34.9 Å². The minimum atomic E-state index is -0.199. The van der Waals surface area contributed by atoms with Crippen LogP contribution in [0, 0.1) is 0 Å². The number of aromatic nitrogens is 4. The Hall–Kier alpha value is -1.64. The van der Waals surface area contributed by atoms with Crippen LogP contribution in [0.2, 0.25) is 0 Å². The quantitative estimate of drug-likeness (QED) is 0.804. The van der Waals surface area contributed by atoms with E-state index in [1.54, 1.807) is 30.1 Å². The van der Waals surface area contributed by atoms with E-state index in [2.05, 4.69) is 25.7 Å². The van der Waals surface area contributed by atoms with Gasteiger partial charge in [0.05, 0.1) is 5.03 Å². The predicted octanol–water partition coefficient (Wildman–Crippen LogP) is 2.07. The first kappa shape index (κ1) is 18.7. The van der Waals surface area contributed by atoms with Gasteiger partial charge >= 0.3 is 0 Å². The maximum atomic E-state index is 12.4. The number of carbonyl (C=O) groups is 1. The number of nitrogens with zero attached hydrogens (tertiary/aromatic N) is 4. The van der Waals surface area contributed by atoms with Crippen LogP contribution in [0.25, 0.3) is 0 Å². The van der Waals surface area contributed by atoms with E-state index in [4.69, 9.17) is 0 Å². The molecule has 2 N–H and O–H groups in total. The van der Waals surface area contributed by atoms with Gasteiger partial charge in [0, 0.05) is 24.7 Å². The van der Waals surface area contributed by atoms with E-state index in [-0.39, 0.29) is 18.3 Å². The second-order valence-electron chi connectivity index (χ2n) is 5.48. The summed E-state index contributed by atoms with van der Waals surface area (Å²) in [6.45, 7) is 1.97. The Labute approximate surface area is 151 Å². The van der Waals surface area contributed by atoms with Crippen molar-refractivity contribution in [3.63, 3.8) is 0 Å². The zero-order chi connectivity index (χ0) is 16.2. The van der Waals surface area contributed by atoms with Crippen molar-refractivity contribution in [2.75, 3.05) is 24.7 Å². The summed E-state index contributed by atoms with van der Waals surface area (Å²) >= 11 is 1.50. The van der Waals surface area contributed by atoms with Crippen LogP contribution >= 0.6 is 24.2 Å². The van der Waals surface area contributed by atoms with E-state index >= 15 is 0 Å². The number of hydrogen-bond donors (Lipinski definition) is 2. The van der Waals surface area contributed by atoms with Crippen LogP contribution in [-0.4, -0.2) is 45.0 Å². The van der Waals surface area contributed by atoms with Crippen LogP contribution in [-0.2, 0) is 7.05 Å². The molecule has 1 aliphatic rings. The molecule has 0 aromatic carbocycles. The minimum Gasteiger partial charge on any atom is -0.317 e. The van der Waals surface area contributed by atoms with Gasteiger partial charge in [-0.2, -0.15) is 10.1 Å². The van der Waals surface area contributed by atoms with Crippen molar-refractivity contribution in [1.29, 1.82) is 0 Å². The van der Waals surface area contributed by atoms with Crippen LogP contribution in [0.3, 0.4) is 0 Å².